The van der Waals surface area contributed by atoms with Gasteiger partial charge in [0.2, 0.25) is 0 Å². The van der Waals surface area contributed by atoms with Gasteiger partial charge in [-0.05, 0) is 28.1 Å². The number of thiophene rings is 1. The van der Waals surface area contributed by atoms with Gasteiger partial charge in [-0.2, -0.15) is 5.10 Å². The first-order valence-corrected chi connectivity index (χ1v) is 5.43. The van der Waals surface area contributed by atoms with E-state index < -0.39 is 0 Å². The topological polar surface area (TPSA) is 57.8 Å². The normalized spacial score (nSPS) is 10.1. The zero-order valence-corrected chi connectivity index (χ0v) is 9.35. The van der Waals surface area contributed by atoms with Crippen LogP contribution in [0.1, 0.15) is 9.67 Å². The Morgan fingerprint density at radius 3 is 2.93 bits per heavy atom. The van der Waals surface area contributed by atoms with Crippen molar-refractivity contribution in [3.05, 3.63) is 33.1 Å². The maximum atomic E-state index is 11.6. The van der Waals surface area contributed by atoms with E-state index in [0.29, 0.717) is 10.7 Å². The molecule has 2 rings (SSSR count). The minimum Gasteiger partial charge on any atom is -0.306 e. The molecule has 0 bridgehead atoms. The van der Waals surface area contributed by atoms with E-state index in [1.54, 1.807) is 18.3 Å². The van der Waals surface area contributed by atoms with Crippen molar-refractivity contribution in [2.45, 2.75) is 0 Å². The maximum Gasteiger partial charge on any atom is 0.266 e. The second kappa shape index (κ2) is 3.93. The van der Waals surface area contributed by atoms with E-state index in [1.807, 2.05) is 6.07 Å². The largest absolute Gasteiger partial charge is 0.306 e. The van der Waals surface area contributed by atoms with Gasteiger partial charge in [0, 0.05) is 6.07 Å². The van der Waals surface area contributed by atoms with Gasteiger partial charge in [-0.1, -0.05) is 0 Å². The molecule has 14 heavy (non-hydrogen) atoms. The number of nitrogens with one attached hydrogen (secondary N) is 2. The van der Waals surface area contributed by atoms with Crippen LogP contribution in [0.2, 0.25) is 0 Å². The number of carbonyl (C=O) groups is 1. The smallest absolute Gasteiger partial charge is 0.266 e. The minimum atomic E-state index is -0.134. The van der Waals surface area contributed by atoms with E-state index >= 15 is 0 Å². The first-order valence-electron chi connectivity index (χ1n) is 3.82. The quantitative estimate of drug-likeness (QED) is 0.882. The van der Waals surface area contributed by atoms with Gasteiger partial charge in [0.25, 0.3) is 5.91 Å². The Kier molecular flexibility index (Phi) is 2.64. The summed E-state index contributed by atoms with van der Waals surface area (Å²) in [4.78, 5) is 12.2. The molecular formula is C8H6BrN3OS. The Morgan fingerprint density at radius 1 is 1.50 bits per heavy atom. The molecule has 0 aliphatic heterocycles. The Balaban J connectivity index is 2.10. The third-order valence-electron chi connectivity index (χ3n) is 1.55. The van der Waals surface area contributed by atoms with Crippen LogP contribution in [0.4, 0.5) is 5.82 Å². The van der Waals surface area contributed by atoms with Gasteiger partial charge in [-0.25, -0.2) is 0 Å². The highest BCUT2D eigenvalue weighted by Gasteiger charge is 2.08. The molecule has 0 radical (unpaired) electrons. The summed E-state index contributed by atoms with van der Waals surface area (Å²) >= 11 is 4.68. The van der Waals surface area contributed by atoms with Crippen LogP contribution in [0.15, 0.2) is 28.2 Å². The van der Waals surface area contributed by atoms with Crippen molar-refractivity contribution in [2.24, 2.45) is 0 Å². The molecule has 0 saturated heterocycles. The van der Waals surface area contributed by atoms with Gasteiger partial charge >= 0.3 is 0 Å². The van der Waals surface area contributed by atoms with E-state index in [1.165, 1.54) is 11.3 Å². The van der Waals surface area contributed by atoms with Crippen LogP contribution >= 0.6 is 27.3 Å². The van der Waals surface area contributed by atoms with Gasteiger partial charge in [0.05, 0.1) is 14.9 Å². The first-order chi connectivity index (χ1) is 6.75. The zero-order valence-electron chi connectivity index (χ0n) is 6.95. The van der Waals surface area contributed by atoms with Gasteiger partial charge in [0.1, 0.15) is 5.82 Å². The third kappa shape index (κ3) is 2.02. The summed E-state index contributed by atoms with van der Waals surface area (Å²) in [6.45, 7) is 0. The number of nitrogens with zero attached hydrogens (tertiary/aromatic N) is 1. The van der Waals surface area contributed by atoms with Gasteiger partial charge in [-0.15, -0.1) is 11.3 Å². The predicted octanol–water partition coefficient (Wildman–Crippen LogP) is 2.49. The molecule has 0 aliphatic rings. The fourth-order valence-corrected chi connectivity index (χ4v) is 2.23. The van der Waals surface area contributed by atoms with Crippen LogP contribution in [-0.2, 0) is 0 Å². The molecule has 0 saturated carbocycles. The van der Waals surface area contributed by atoms with Crippen LogP contribution in [0.3, 0.4) is 0 Å². The molecule has 0 aromatic carbocycles. The Labute approximate surface area is 92.5 Å². The average molecular weight is 272 g/mol. The lowest BCUT2D eigenvalue weighted by atomic mass is 10.4. The summed E-state index contributed by atoms with van der Waals surface area (Å²) in [7, 11) is 0. The Bertz CT molecular complexity index is 437. The summed E-state index contributed by atoms with van der Waals surface area (Å²) < 4.78 is 0.937. The molecule has 0 atom stereocenters. The van der Waals surface area contributed by atoms with Crippen molar-refractivity contribution in [3.63, 3.8) is 0 Å². The van der Waals surface area contributed by atoms with Crippen LogP contribution < -0.4 is 5.32 Å². The number of hydrogen-bond acceptors (Lipinski definition) is 3. The highest BCUT2D eigenvalue weighted by Crippen LogP contribution is 2.22. The molecule has 0 fully saturated rings. The molecule has 0 aliphatic carbocycles. The molecule has 72 valence electrons. The zero-order chi connectivity index (χ0) is 9.97. The van der Waals surface area contributed by atoms with Gasteiger partial charge in [-0.3, -0.25) is 9.89 Å². The lowest BCUT2D eigenvalue weighted by Crippen LogP contribution is -2.10. The number of aromatic amines is 1. The van der Waals surface area contributed by atoms with Crippen molar-refractivity contribution in [1.29, 1.82) is 0 Å². The van der Waals surface area contributed by atoms with E-state index in [-0.39, 0.29) is 5.91 Å². The second-order valence-corrected chi connectivity index (χ2v) is 4.99. The number of aromatic nitrogens is 2. The molecule has 2 aromatic rings. The second-order valence-electron chi connectivity index (χ2n) is 2.53. The lowest BCUT2D eigenvalue weighted by molar-refractivity contribution is 0.103. The standard InChI is InChI=1S/C8H6BrN3OS/c9-6-2-1-5(14-6)8(13)11-7-3-4-10-12-7/h1-4H,(H2,10,11,12,13). The van der Waals surface area contributed by atoms with Gasteiger partial charge < -0.3 is 5.32 Å². The minimum absolute atomic E-state index is 0.134. The molecule has 4 nitrogen and oxygen atoms in total. The summed E-state index contributed by atoms with van der Waals surface area (Å²) in [5.41, 5.74) is 0. The molecule has 2 N–H and O–H groups in total. The first kappa shape index (κ1) is 9.42. The van der Waals surface area contributed by atoms with E-state index in [0.717, 1.165) is 3.79 Å². The lowest BCUT2D eigenvalue weighted by Gasteiger charge is -1.97. The molecule has 2 heterocycles. The maximum absolute atomic E-state index is 11.6. The average Bonchev–Trinajstić information content (AvgIpc) is 2.75. The number of rotatable bonds is 2. The summed E-state index contributed by atoms with van der Waals surface area (Å²) in [5, 5.41) is 9.07. The van der Waals surface area contributed by atoms with Crippen LogP contribution in [-0.4, -0.2) is 16.1 Å². The number of amides is 1. The molecule has 1 amide bonds. The SMILES string of the molecule is O=C(Nc1ccn[nH]1)c1ccc(Br)s1. The molecular weight excluding hydrogens is 266 g/mol. The van der Waals surface area contributed by atoms with Crippen LogP contribution in [0.25, 0.3) is 0 Å². The van der Waals surface area contributed by atoms with E-state index in [4.69, 9.17) is 0 Å². The summed E-state index contributed by atoms with van der Waals surface area (Å²) in [6.07, 6.45) is 1.58. The number of anilines is 1. The highest BCUT2D eigenvalue weighted by molar-refractivity contribution is 9.11. The summed E-state index contributed by atoms with van der Waals surface area (Å²) in [6, 6.07) is 5.30. The van der Waals surface area contributed by atoms with E-state index in [2.05, 4.69) is 31.4 Å². The molecule has 6 heteroatoms. The van der Waals surface area contributed by atoms with Crippen molar-refractivity contribution in [3.8, 4) is 0 Å². The fourth-order valence-electron chi connectivity index (χ4n) is 0.946. The highest BCUT2D eigenvalue weighted by atomic mass is 79.9. The Hall–Kier alpha value is -1.14. The number of carbonyl (C=O) groups excluding carboxylic acids is 1. The van der Waals surface area contributed by atoms with Crippen molar-refractivity contribution < 1.29 is 4.79 Å². The predicted molar refractivity (Wildman–Crippen MR) is 58.6 cm³/mol. The van der Waals surface area contributed by atoms with Gasteiger partial charge in [0.15, 0.2) is 0 Å². The fraction of sp³-hybridized carbons (Fsp3) is 0. The third-order valence-corrected chi connectivity index (χ3v) is 3.17. The monoisotopic (exact) mass is 271 g/mol. The van der Waals surface area contributed by atoms with Crippen LogP contribution in [0, 0.1) is 0 Å². The van der Waals surface area contributed by atoms with Crippen LogP contribution in [0.5, 0.6) is 0 Å². The van der Waals surface area contributed by atoms with E-state index in [9.17, 15) is 4.79 Å². The number of H-pyrrole nitrogens is 1. The molecule has 2 aromatic heterocycles. The number of hydrogen-bond donors (Lipinski definition) is 2. The van der Waals surface area contributed by atoms with Crippen molar-refractivity contribution in [2.75, 3.05) is 5.32 Å². The van der Waals surface area contributed by atoms with Crippen molar-refractivity contribution in [1.82, 2.24) is 10.2 Å². The summed E-state index contributed by atoms with van der Waals surface area (Å²) in [5.74, 6) is 0.462. The van der Waals surface area contributed by atoms with Crippen molar-refractivity contribution >= 4 is 39.0 Å². The Morgan fingerprint density at radius 2 is 2.36 bits per heavy atom. The molecule has 0 spiro atoms. The molecule has 0 unspecified atom stereocenters. The number of halogens is 1.